The van der Waals surface area contributed by atoms with Gasteiger partial charge >= 0.3 is 0 Å². The lowest BCUT2D eigenvalue weighted by atomic mass is 10.2. The van der Waals surface area contributed by atoms with Gasteiger partial charge in [-0.15, -0.1) is 11.6 Å². The van der Waals surface area contributed by atoms with Gasteiger partial charge in [0.2, 0.25) is 0 Å². The maximum atomic E-state index is 5.67. The Morgan fingerprint density at radius 3 is 2.57 bits per heavy atom. The van der Waals surface area contributed by atoms with Gasteiger partial charge in [0.25, 0.3) is 0 Å². The molecule has 1 N–H and O–H groups in total. The largest absolute Gasteiger partial charge is 0.492 e. The molecule has 0 aromatic heterocycles. The summed E-state index contributed by atoms with van der Waals surface area (Å²) in [6.07, 6.45) is 0. The van der Waals surface area contributed by atoms with Crippen LogP contribution in [0.1, 0.15) is 12.5 Å². The van der Waals surface area contributed by atoms with Crippen LogP contribution in [0.15, 0.2) is 24.3 Å². The molecular weight excluding hydrogens is 198 g/mol. The highest BCUT2D eigenvalue weighted by Gasteiger charge is 1.93. The molecule has 3 heteroatoms. The second-order valence-corrected chi connectivity index (χ2v) is 3.25. The monoisotopic (exact) mass is 213 g/mol. The van der Waals surface area contributed by atoms with Gasteiger partial charge in [-0.25, -0.2) is 0 Å². The van der Waals surface area contributed by atoms with Crippen LogP contribution < -0.4 is 10.1 Å². The third kappa shape index (κ3) is 3.99. The molecule has 1 aromatic carbocycles. The topological polar surface area (TPSA) is 21.3 Å². The Hall–Kier alpha value is -0.730. The molecule has 0 aliphatic carbocycles. The summed E-state index contributed by atoms with van der Waals surface area (Å²) in [5.74, 6) is 1.45. The lowest BCUT2D eigenvalue weighted by Gasteiger charge is -2.06. The molecular formula is C11H16ClNO. The Morgan fingerprint density at radius 2 is 2.00 bits per heavy atom. The first kappa shape index (κ1) is 11.3. The van der Waals surface area contributed by atoms with Crippen molar-refractivity contribution in [3.63, 3.8) is 0 Å². The van der Waals surface area contributed by atoms with E-state index < -0.39 is 0 Å². The number of ether oxygens (including phenoxy) is 1. The van der Waals surface area contributed by atoms with Crippen molar-refractivity contribution in [1.82, 2.24) is 5.32 Å². The Morgan fingerprint density at radius 1 is 1.29 bits per heavy atom. The molecule has 1 rings (SSSR count). The molecule has 0 heterocycles. The third-order valence-electron chi connectivity index (χ3n) is 1.88. The lowest BCUT2D eigenvalue weighted by Crippen LogP contribution is -2.20. The fourth-order valence-electron chi connectivity index (χ4n) is 1.09. The highest BCUT2D eigenvalue weighted by atomic mass is 35.5. The van der Waals surface area contributed by atoms with Gasteiger partial charge in [-0.1, -0.05) is 19.1 Å². The lowest BCUT2D eigenvalue weighted by molar-refractivity contribution is 0.315. The van der Waals surface area contributed by atoms with Crippen molar-refractivity contribution in [2.45, 2.75) is 12.8 Å². The number of benzene rings is 1. The van der Waals surface area contributed by atoms with Crippen LogP contribution in [0.5, 0.6) is 5.75 Å². The minimum absolute atomic E-state index is 0.553. The number of nitrogens with one attached hydrogen (secondary N) is 1. The second kappa shape index (κ2) is 6.68. The summed E-state index contributed by atoms with van der Waals surface area (Å²) in [6, 6.07) is 7.86. The molecule has 0 spiro atoms. The van der Waals surface area contributed by atoms with E-state index in [0.717, 1.165) is 24.4 Å². The Labute approximate surface area is 90.2 Å². The van der Waals surface area contributed by atoms with Gasteiger partial charge in [0.05, 0.1) is 0 Å². The van der Waals surface area contributed by atoms with Gasteiger partial charge in [-0.2, -0.15) is 0 Å². The van der Waals surface area contributed by atoms with E-state index in [1.54, 1.807) is 0 Å². The standard InChI is InChI=1S/C11H16ClNO/c1-2-13-7-8-14-11-5-3-10(9-12)4-6-11/h3-6,13H,2,7-9H2,1H3. The molecule has 0 bridgehead atoms. The molecule has 0 aliphatic heterocycles. The van der Waals surface area contributed by atoms with Crippen molar-refractivity contribution in [3.8, 4) is 5.75 Å². The first-order valence-corrected chi connectivity index (χ1v) is 5.38. The van der Waals surface area contributed by atoms with E-state index in [-0.39, 0.29) is 0 Å². The number of rotatable bonds is 6. The van der Waals surface area contributed by atoms with Crippen LogP contribution in [0, 0.1) is 0 Å². The molecule has 0 unspecified atom stereocenters. The summed E-state index contributed by atoms with van der Waals surface area (Å²) < 4.78 is 5.50. The molecule has 2 nitrogen and oxygen atoms in total. The Balaban J connectivity index is 2.29. The number of hydrogen-bond donors (Lipinski definition) is 1. The fraction of sp³-hybridized carbons (Fsp3) is 0.455. The van der Waals surface area contributed by atoms with Crippen molar-refractivity contribution in [1.29, 1.82) is 0 Å². The Bertz CT molecular complexity index is 248. The van der Waals surface area contributed by atoms with Gasteiger partial charge in [-0.05, 0) is 24.2 Å². The highest BCUT2D eigenvalue weighted by molar-refractivity contribution is 6.17. The minimum Gasteiger partial charge on any atom is -0.492 e. The van der Waals surface area contributed by atoms with Crippen LogP contribution in [0.3, 0.4) is 0 Å². The predicted molar refractivity (Wildman–Crippen MR) is 60.0 cm³/mol. The number of hydrogen-bond acceptors (Lipinski definition) is 2. The maximum absolute atomic E-state index is 5.67. The molecule has 0 amide bonds. The van der Waals surface area contributed by atoms with Crippen molar-refractivity contribution in [2.24, 2.45) is 0 Å². The number of likely N-dealkylation sites (N-methyl/N-ethyl adjacent to an activating group) is 1. The van der Waals surface area contributed by atoms with Crippen molar-refractivity contribution in [2.75, 3.05) is 19.7 Å². The van der Waals surface area contributed by atoms with Crippen LogP contribution >= 0.6 is 11.6 Å². The first-order valence-electron chi connectivity index (χ1n) is 4.85. The van der Waals surface area contributed by atoms with Crippen LogP contribution in [0.4, 0.5) is 0 Å². The summed E-state index contributed by atoms with van der Waals surface area (Å²) in [5.41, 5.74) is 1.12. The van der Waals surface area contributed by atoms with E-state index in [1.807, 2.05) is 24.3 Å². The smallest absolute Gasteiger partial charge is 0.119 e. The van der Waals surface area contributed by atoms with Gasteiger partial charge in [-0.3, -0.25) is 0 Å². The van der Waals surface area contributed by atoms with Crippen molar-refractivity contribution >= 4 is 11.6 Å². The van der Waals surface area contributed by atoms with Gasteiger partial charge < -0.3 is 10.1 Å². The average molecular weight is 214 g/mol. The fourth-order valence-corrected chi connectivity index (χ4v) is 1.27. The highest BCUT2D eigenvalue weighted by Crippen LogP contribution is 2.12. The van der Waals surface area contributed by atoms with E-state index in [2.05, 4.69) is 12.2 Å². The zero-order chi connectivity index (χ0) is 10.2. The molecule has 0 atom stereocenters. The zero-order valence-corrected chi connectivity index (χ0v) is 9.18. The molecule has 78 valence electrons. The minimum atomic E-state index is 0.553. The quantitative estimate of drug-likeness (QED) is 0.579. The molecule has 1 aromatic rings. The van der Waals surface area contributed by atoms with Gasteiger partial charge in [0.15, 0.2) is 0 Å². The van der Waals surface area contributed by atoms with Crippen molar-refractivity contribution in [3.05, 3.63) is 29.8 Å². The maximum Gasteiger partial charge on any atom is 0.119 e. The van der Waals surface area contributed by atoms with Crippen LogP contribution in [-0.2, 0) is 5.88 Å². The van der Waals surface area contributed by atoms with E-state index in [0.29, 0.717) is 12.5 Å². The normalized spacial score (nSPS) is 10.1. The number of halogens is 1. The molecule has 0 fully saturated rings. The van der Waals surface area contributed by atoms with Crippen LogP contribution in [0.2, 0.25) is 0 Å². The summed E-state index contributed by atoms with van der Waals surface area (Å²) in [6.45, 7) is 4.64. The molecule has 0 aliphatic rings. The van der Waals surface area contributed by atoms with Gasteiger partial charge in [0, 0.05) is 12.4 Å². The van der Waals surface area contributed by atoms with Gasteiger partial charge in [0.1, 0.15) is 12.4 Å². The summed E-state index contributed by atoms with van der Waals surface area (Å²) in [5, 5.41) is 3.19. The van der Waals surface area contributed by atoms with Crippen LogP contribution in [0.25, 0.3) is 0 Å². The summed E-state index contributed by atoms with van der Waals surface area (Å²) in [4.78, 5) is 0. The predicted octanol–water partition coefficient (Wildman–Crippen LogP) is 2.41. The Kier molecular flexibility index (Phi) is 5.42. The second-order valence-electron chi connectivity index (χ2n) is 2.98. The molecule has 0 saturated heterocycles. The average Bonchev–Trinajstić information content (AvgIpc) is 2.25. The van der Waals surface area contributed by atoms with E-state index in [1.165, 1.54) is 0 Å². The van der Waals surface area contributed by atoms with E-state index in [9.17, 15) is 0 Å². The van der Waals surface area contributed by atoms with E-state index in [4.69, 9.17) is 16.3 Å². The van der Waals surface area contributed by atoms with E-state index >= 15 is 0 Å². The first-order chi connectivity index (χ1) is 6.86. The molecule has 14 heavy (non-hydrogen) atoms. The summed E-state index contributed by atoms with van der Waals surface area (Å²) in [7, 11) is 0. The molecule has 0 saturated carbocycles. The van der Waals surface area contributed by atoms with Crippen LogP contribution in [-0.4, -0.2) is 19.7 Å². The zero-order valence-electron chi connectivity index (χ0n) is 8.42. The SMILES string of the molecule is CCNCCOc1ccc(CCl)cc1. The molecule has 0 radical (unpaired) electrons. The number of alkyl halides is 1. The third-order valence-corrected chi connectivity index (χ3v) is 2.18. The summed E-state index contributed by atoms with van der Waals surface area (Å²) >= 11 is 5.67. The van der Waals surface area contributed by atoms with Crippen molar-refractivity contribution < 1.29 is 4.74 Å².